The first-order valence-corrected chi connectivity index (χ1v) is 10.4. The molecule has 0 unspecified atom stereocenters. The lowest BCUT2D eigenvalue weighted by atomic mass is 10.2. The third-order valence-electron chi connectivity index (χ3n) is 4.26. The maximum Gasteiger partial charge on any atom is 0.161 e. The van der Waals surface area contributed by atoms with Gasteiger partial charge in [0.15, 0.2) is 11.5 Å². The van der Waals surface area contributed by atoms with Crippen LogP contribution in [-0.2, 0) is 11.3 Å². The minimum Gasteiger partial charge on any atom is -0.493 e. The minimum atomic E-state index is -0.495. The van der Waals surface area contributed by atoms with Gasteiger partial charge in [0.2, 0.25) is 0 Å². The molecule has 148 valence electrons. The smallest absolute Gasteiger partial charge is 0.161 e. The number of nitrogens with zero attached hydrogens (tertiary/aromatic N) is 1. The van der Waals surface area contributed by atoms with Crippen LogP contribution in [0.1, 0.15) is 12.0 Å². The molecule has 26 heavy (non-hydrogen) atoms. The van der Waals surface area contributed by atoms with Crippen LogP contribution in [0.5, 0.6) is 11.5 Å². The van der Waals surface area contributed by atoms with E-state index in [4.69, 9.17) is 14.2 Å². The van der Waals surface area contributed by atoms with E-state index in [9.17, 15) is 5.11 Å². The van der Waals surface area contributed by atoms with Gasteiger partial charge >= 0.3 is 0 Å². The molecule has 0 radical (unpaired) electrons. The largest absolute Gasteiger partial charge is 0.493 e. The Morgan fingerprint density at radius 3 is 2.77 bits per heavy atom. The molecule has 2 rings (SSSR count). The van der Waals surface area contributed by atoms with Crippen LogP contribution < -0.4 is 14.8 Å². The highest BCUT2D eigenvalue weighted by Gasteiger charge is 2.16. The lowest BCUT2D eigenvalue weighted by Crippen LogP contribution is -2.40. The number of aliphatic hydroxyl groups excluding tert-OH is 1. The highest BCUT2D eigenvalue weighted by Crippen LogP contribution is 2.28. The number of aliphatic hydroxyl groups is 1. The van der Waals surface area contributed by atoms with Gasteiger partial charge in [-0.25, -0.2) is 0 Å². The van der Waals surface area contributed by atoms with Crippen molar-refractivity contribution in [1.82, 2.24) is 10.2 Å². The van der Waals surface area contributed by atoms with Crippen molar-refractivity contribution < 1.29 is 19.3 Å². The average Bonchev–Trinajstić information content (AvgIpc) is 2.67. The van der Waals surface area contributed by atoms with Crippen molar-refractivity contribution in [1.29, 1.82) is 0 Å². The van der Waals surface area contributed by atoms with E-state index < -0.39 is 6.10 Å². The van der Waals surface area contributed by atoms with Crippen molar-refractivity contribution in [2.24, 2.45) is 0 Å². The number of benzene rings is 1. The highest BCUT2D eigenvalue weighted by molar-refractivity contribution is 7.99. The van der Waals surface area contributed by atoms with E-state index in [1.165, 1.54) is 0 Å². The van der Waals surface area contributed by atoms with Crippen LogP contribution in [-0.4, -0.2) is 81.2 Å². The molecule has 2 N–H and O–H groups in total. The Balaban J connectivity index is 1.76. The number of rotatable bonds is 12. The third-order valence-corrected chi connectivity index (χ3v) is 5.21. The number of methoxy groups -OCH3 is 2. The molecule has 0 aliphatic carbocycles. The van der Waals surface area contributed by atoms with Crippen LogP contribution in [0.2, 0.25) is 0 Å². The van der Waals surface area contributed by atoms with Gasteiger partial charge in [-0.05, 0) is 30.7 Å². The normalized spacial score (nSPS) is 16.4. The molecule has 1 heterocycles. The second-order valence-electron chi connectivity index (χ2n) is 6.39. The predicted molar refractivity (Wildman–Crippen MR) is 106 cm³/mol. The summed E-state index contributed by atoms with van der Waals surface area (Å²) in [6.07, 6.45) is 0.493. The van der Waals surface area contributed by atoms with Crippen LogP contribution in [0, 0.1) is 0 Å². The zero-order valence-electron chi connectivity index (χ0n) is 15.9. The number of hydrogen-bond donors (Lipinski definition) is 2. The summed E-state index contributed by atoms with van der Waals surface area (Å²) in [5.41, 5.74) is 1.14. The standard InChI is InChI=1S/C19H32N2O4S/c1-23-9-3-6-20-13-16-4-5-18(19(12-16)24-2)25-15-17(22)14-21-7-10-26-11-8-21/h4-5,12,17,20,22H,3,6-11,13-15H2,1-2H3/t17-/m0/s1. The maximum atomic E-state index is 10.2. The molecule has 1 aromatic carbocycles. The van der Waals surface area contributed by atoms with Crippen molar-refractivity contribution in [2.45, 2.75) is 19.1 Å². The van der Waals surface area contributed by atoms with Gasteiger partial charge in [-0.15, -0.1) is 0 Å². The van der Waals surface area contributed by atoms with E-state index in [1.54, 1.807) is 14.2 Å². The number of β-amino-alcohol motifs (C(OH)–C–C–N with tert-alkyl or cyclic N) is 1. The van der Waals surface area contributed by atoms with Crippen molar-refractivity contribution in [3.8, 4) is 11.5 Å². The highest BCUT2D eigenvalue weighted by atomic mass is 32.2. The first-order valence-electron chi connectivity index (χ1n) is 9.20. The average molecular weight is 385 g/mol. The van der Waals surface area contributed by atoms with Crippen molar-refractivity contribution in [3.05, 3.63) is 23.8 Å². The van der Waals surface area contributed by atoms with Crippen molar-refractivity contribution in [3.63, 3.8) is 0 Å². The summed E-state index contributed by atoms with van der Waals surface area (Å²) >= 11 is 1.97. The molecule has 1 aromatic rings. The first kappa shape index (κ1) is 21.3. The monoisotopic (exact) mass is 384 g/mol. The summed E-state index contributed by atoms with van der Waals surface area (Å²) in [7, 11) is 3.35. The quantitative estimate of drug-likeness (QED) is 0.531. The molecule has 6 nitrogen and oxygen atoms in total. The first-order chi connectivity index (χ1) is 12.7. The Labute approximate surface area is 161 Å². The van der Waals surface area contributed by atoms with E-state index in [1.807, 2.05) is 30.0 Å². The Morgan fingerprint density at radius 1 is 1.23 bits per heavy atom. The second kappa shape index (κ2) is 12.4. The van der Waals surface area contributed by atoms with Crippen LogP contribution in [0.3, 0.4) is 0 Å². The minimum absolute atomic E-state index is 0.272. The van der Waals surface area contributed by atoms with Gasteiger partial charge in [0, 0.05) is 51.4 Å². The van der Waals surface area contributed by atoms with Gasteiger partial charge in [-0.2, -0.15) is 11.8 Å². The Bertz CT molecular complexity index is 512. The van der Waals surface area contributed by atoms with Crippen molar-refractivity contribution in [2.75, 3.05) is 65.1 Å². The molecule has 1 atom stereocenters. The third kappa shape index (κ3) is 7.72. The molecule has 0 amide bonds. The zero-order valence-corrected chi connectivity index (χ0v) is 16.7. The van der Waals surface area contributed by atoms with Gasteiger partial charge in [0.1, 0.15) is 12.7 Å². The number of nitrogens with one attached hydrogen (secondary N) is 1. The number of thioether (sulfide) groups is 1. The molecular formula is C19H32N2O4S. The second-order valence-corrected chi connectivity index (χ2v) is 7.61. The number of ether oxygens (including phenoxy) is 3. The Morgan fingerprint density at radius 2 is 2.04 bits per heavy atom. The molecule has 0 bridgehead atoms. The molecule has 0 saturated carbocycles. The fourth-order valence-electron chi connectivity index (χ4n) is 2.84. The summed E-state index contributed by atoms with van der Waals surface area (Å²) in [5.74, 6) is 3.65. The SMILES string of the molecule is COCCCNCc1ccc(OC[C@@H](O)CN2CCSCC2)c(OC)c1. The summed E-state index contributed by atoms with van der Waals surface area (Å²) in [5, 5.41) is 13.6. The fourth-order valence-corrected chi connectivity index (χ4v) is 3.81. The zero-order chi connectivity index (χ0) is 18.6. The predicted octanol–water partition coefficient (Wildman–Crippen LogP) is 1.61. The van der Waals surface area contributed by atoms with E-state index >= 15 is 0 Å². The van der Waals surface area contributed by atoms with E-state index in [0.717, 1.165) is 56.3 Å². The lowest BCUT2D eigenvalue weighted by Gasteiger charge is -2.28. The van der Waals surface area contributed by atoms with Crippen LogP contribution >= 0.6 is 11.8 Å². The lowest BCUT2D eigenvalue weighted by molar-refractivity contribution is 0.0705. The van der Waals surface area contributed by atoms with E-state index in [2.05, 4.69) is 10.2 Å². The Hall–Kier alpha value is -0.990. The molecule has 7 heteroatoms. The molecule has 1 fully saturated rings. The Kier molecular flexibility index (Phi) is 10.2. The number of hydrogen-bond acceptors (Lipinski definition) is 7. The van der Waals surface area contributed by atoms with E-state index in [-0.39, 0.29) is 6.61 Å². The maximum absolute atomic E-state index is 10.2. The van der Waals surface area contributed by atoms with Gasteiger partial charge in [0.05, 0.1) is 7.11 Å². The van der Waals surface area contributed by atoms with Gasteiger partial charge in [-0.1, -0.05) is 6.07 Å². The molecule has 1 aliphatic rings. The van der Waals surface area contributed by atoms with Crippen LogP contribution in [0.15, 0.2) is 18.2 Å². The van der Waals surface area contributed by atoms with Crippen LogP contribution in [0.4, 0.5) is 0 Å². The topological polar surface area (TPSA) is 63.2 Å². The molecule has 1 aliphatic heterocycles. The summed E-state index contributed by atoms with van der Waals surface area (Å²) in [6, 6.07) is 5.91. The molecule has 0 aromatic heterocycles. The summed E-state index contributed by atoms with van der Waals surface area (Å²) in [6.45, 7) is 5.46. The van der Waals surface area contributed by atoms with Gasteiger partial charge < -0.3 is 24.6 Å². The van der Waals surface area contributed by atoms with Crippen LogP contribution in [0.25, 0.3) is 0 Å². The molecule has 0 spiro atoms. The molecule has 1 saturated heterocycles. The van der Waals surface area contributed by atoms with Crippen molar-refractivity contribution >= 4 is 11.8 Å². The molecular weight excluding hydrogens is 352 g/mol. The summed E-state index contributed by atoms with van der Waals surface area (Å²) in [4.78, 5) is 2.29. The summed E-state index contributed by atoms with van der Waals surface area (Å²) < 4.78 is 16.3. The van der Waals surface area contributed by atoms with Gasteiger partial charge in [0.25, 0.3) is 0 Å². The van der Waals surface area contributed by atoms with E-state index in [0.29, 0.717) is 18.0 Å². The van der Waals surface area contributed by atoms with Gasteiger partial charge in [-0.3, -0.25) is 4.90 Å². The fraction of sp³-hybridized carbons (Fsp3) is 0.684.